The second kappa shape index (κ2) is 4.70. The van der Waals surface area contributed by atoms with E-state index >= 15 is 0 Å². The van der Waals surface area contributed by atoms with Crippen LogP contribution < -0.4 is 15.0 Å². The molecule has 1 aromatic heterocycles. The third kappa shape index (κ3) is 1.92. The molecule has 6 heteroatoms. The van der Waals surface area contributed by atoms with Crippen LogP contribution in [-0.2, 0) is 9.53 Å². The summed E-state index contributed by atoms with van der Waals surface area (Å²) in [7, 11) is 1.59. The highest BCUT2D eigenvalue weighted by Gasteiger charge is 2.41. The van der Waals surface area contributed by atoms with E-state index in [1.54, 1.807) is 13.2 Å². The Kier molecular flexibility index (Phi) is 3.02. The summed E-state index contributed by atoms with van der Waals surface area (Å²) in [4.78, 5) is 18.8. The van der Waals surface area contributed by atoms with Gasteiger partial charge in [0.15, 0.2) is 5.82 Å². The first kappa shape index (κ1) is 12.2. The molecule has 0 saturated carbocycles. The van der Waals surface area contributed by atoms with Crippen molar-refractivity contribution in [2.45, 2.75) is 13.0 Å². The second-order valence-corrected chi connectivity index (χ2v) is 4.71. The van der Waals surface area contributed by atoms with Crippen LogP contribution in [0, 0.1) is 5.92 Å². The Hall–Kier alpha value is -1.82. The zero-order valence-electron chi connectivity index (χ0n) is 11.0. The standard InChI is InChI=1S/C13H17N3O3/c1-3-16-10-7-19-6-8(10)13(17)14-9-4-5-11(18-2)15-12(9)16/h4-5,8,10H,3,6-7H2,1-2H3,(H,14,17). The minimum Gasteiger partial charge on any atom is -0.481 e. The number of methoxy groups -OCH3 is 1. The van der Waals surface area contributed by atoms with E-state index in [1.165, 1.54) is 0 Å². The number of amides is 1. The van der Waals surface area contributed by atoms with E-state index in [2.05, 4.69) is 22.1 Å². The zero-order chi connectivity index (χ0) is 13.4. The molecule has 3 heterocycles. The Morgan fingerprint density at radius 3 is 3.11 bits per heavy atom. The summed E-state index contributed by atoms with van der Waals surface area (Å²) < 4.78 is 10.6. The molecular weight excluding hydrogens is 246 g/mol. The van der Waals surface area contributed by atoms with Gasteiger partial charge in [0, 0.05) is 12.6 Å². The topological polar surface area (TPSA) is 63.7 Å². The molecule has 0 aliphatic carbocycles. The number of ether oxygens (including phenoxy) is 2. The van der Waals surface area contributed by atoms with Gasteiger partial charge in [-0.25, -0.2) is 0 Å². The number of anilines is 2. The number of nitrogens with zero attached hydrogens (tertiary/aromatic N) is 2. The lowest BCUT2D eigenvalue weighted by molar-refractivity contribution is -0.120. The SMILES string of the molecule is CCN1c2nc(OC)ccc2NC(=O)C2COCC21. The third-order valence-electron chi connectivity index (χ3n) is 3.72. The number of hydrogen-bond donors (Lipinski definition) is 1. The Morgan fingerprint density at radius 1 is 1.53 bits per heavy atom. The normalized spacial score (nSPS) is 25.4. The van der Waals surface area contributed by atoms with Crippen molar-refractivity contribution in [3.8, 4) is 5.88 Å². The van der Waals surface area contributed by atoms with Gasteiger partial charge in [-0.1, -0.05) is 0 Å². The van der Waals surface area contributed by atoms with Gasteiger partial charge in [0.05, 0.1) is 38.0 Å². The predicted octanol–water partition coefficient (Wildman–Crippen LogP) is 0.884. The number of nitrogens with one attached hydrogen (secondary N) is 1. The van der Waals surface area contributed by atoms with Crippen LogP contribution >= 0.6 is 0 Å². The smallest absolute Gasteiger partial charge is 0.232 e. The van der Waals surface area contributed by atoms with Crippen molar-refractivity contribution < 1.29 is 14.3 Å². The molecule has 1 N–H and O–H groups in total. The van der Waals surface area contributed by atoms with Crippen molar-refractivity contribution in [2.75, 3.05) is 37.1 Å². The summed E-state index contributed by atoms with van der Waals surface area (Å²) in [6, 6.07) is 3.64. The first-order valence-corrected chi connectivity index (χ1v) is 6.45. The highest BCUT2D eigenvalue weighted by Crippen LogP contribution is 2.35. The number of carbonyl (C=O) groups is 1. The molecule has 6 nitrogen and oxygen atoms in total. The summed E-state index contributed by atoms with van der Waals surface area (Å²) in [6.45, 7) is 3.85. The fourth-order valence-electron chi connectivity index (χ4n) is 2.73. The van der Waals surface area contributed by atoms with Crippen molar-refractivity contribution >= 4 is 17.4 Å². The molecule has 2 unspecified atom stereocenters. The maximum atomic E-state index is 12.2. The first-order chi connectivity index (χ1) is 9.24. The van der Waals surface area contributed by atoms with Gasteiger partial charge in [0.2, 0.25) is 11.8 Å². The predicted molar refractivity (Wildman–Crippen MR) is 70.5 cm³/mol. The number of aromatic nitrogens is 1. The van der Waals surface area contributed by atoms with Crippen LogP contribution in [0.2, 0.25) is 0 Å². The van der Waals surface area contributed by atoms with Crippen LogP contribution in [0.3, 0.4) is 0 Å². The fourth-order valence-corrected chi connectivity index (χ4v) is 2.73. The van der Waals surface area contributed by atoms with Crippen molar-refractivity contribution in [3.05, 3.63) is 12.1 Å². The summed E-state index contributed by atoms with van der Waals surface area (Å²) in [5.74, 6) is 1.17. The Labute approximate surface area is 111 Å². The van der Waals surface area contributed by atoms with E-state index in [-0.39, 0.29) is 17.9 Å². The first-order valence-electron chi connectivity index (χ1n) is 6.45. The molecule has 0 aromatic carbocycles. The quantitative estimate of drug-likeness (QED) is 0.858. The number of pyridine rings is 1. The molecular formula is C13H17N3O3. The maximum absolute atomic E-state index is 12.2. The van der Waals surface area contributed by atoms with Gasteiger partial charge in [-0.15, -0.1) is 0 Å². The molecule has 19 heavy (non-hydrogen) atoms. The highest BCUT2D eigenvalue weighted by atomic mass is 16.5. The van der Waals surface area contributed by atoms with Gasteiger partial charge < -0.3 is 19.7 Å². The van der Waals surface area contributed by atoms with Gasteiger partial charge in [0.25, 0.3) is 0 Å². The van der Waals surface area contributed by atoms with Gasteiger partial charge in [-0.3, -0.25) is 4.79 Å². The molecule has 3 rings (SSSR count). The molecule has 0 radical (unpaired) electrons. The number of hydrogen-bond acceptors (Lipinski definition) is 5. The summed E-state index contributed by atoms with van der Waals surface area (Å²) in [5, 5.41) is 2.93. The van der Waals surface area contributed by atoms with E-state index in [0.717, 1.165) is 18.1 Å². The van der Waals surface area contributed by atoms with Crippen LogP contribution in [-0.4, -0.2) is 43.8 Å². The molecule has 1 fully saturated rings. The maximum Gasteiger partial charge on any atom is 0.232 e. The highest BCUT2D eigenvalue weighted by molar-refractivity contribution is 5.98. The third-order valence-corrected chi connectivity index (χ3v) is 3.72. The van der Waals surface area contributed by atoms with Gasteiger partial charge >= 0.3 is 0 Å². The van der Waals surface area contributed by atoms with Crippen LogP contribution in [0.4, 0.5) is 11.5 Å². The molecule has 2 atom stereocenters. The summed E-state index contributed by atoms with van der Waals surface area (Å²) >= 11 is 0. The van der Waals surface area contributed by atoms with Crippen molar-refractivity contribution in [2.24, 2.45) is 5.92 Å². The molecule has 1 amide bonds. The van der Waals surface area contributed by atoms with E-state index in [0.29, 0.717) is 19.1 Å². The number of carbonyl (C=O) groups excluding carboxylic acids is 1. The second-order valence-electron chi connectivity index (χ2n) is 4.71. The van der Waals surface area contributed by atoms with E-state index < -0.39 is 0 Å². The average Bonchev–Trinajstić information content (AvgIpc) is 2.86. The van der Waals surface area contributed by atoms with Crippen LogP contribution in [0.25, 0.3) is 0 Å². The fraction of sp³-hybridized carbons (Fsp3) is 0.538. The van der Waals surface area contributed by atoms with Crippen LogP contribution in [0.15, 0.2) is 12.1 Å². The largest absolute Gasteiger partial charge is 0.481 e. The average molecular weight is 263 g/mol. The van der Waals surface area contributed by atoms with E-state index in [4.69, 9.17) is 9.47 Å². The van der Waals surface area contributed by atoms with Crippen LogP contribution in [0.1, 0.15) is 6.92 Å². The van der Waals surface area contributed by atoms with Crippen molar-refractivity contribution in [1.82, 2.24) is 4.98 Å². The van der Waals surface area contributed by atoms with Crippen LogP contribution in [0.5, 0.6) is 5.88 Å². The number of rotatable bonds is 2. The summed E-state index contributed by atoms with van der Waals surface area (Å²) in [5.41, 5.74) is 0.738. The van der Waals surface area contributed by atoms with Gasteiger partial charge in [-0.2, -0.15) is 4.98 Å². The molecule has 1 saturated heterocycles. The lowest BCUT2D eigenvalue weighted by Gasteiger charge is -2.29. The number of fused-ring (bicyclic) bond motifs is 2. The minimum absolute atomic E-state index is 0.00617. The summed E-state index contributed by atoms with van der Waals surface area (Å²) in [6.07, 6.45) is 0. The zero-order valence-corrected chi connectivity index (χ0v) is 11.0. The van der Waals surface area contributed by atoms with E-state index in [1.807, 2.05) is 6.07 Å². The molecule has 2 aliphatic rings. The minimum atomic E-state index is -0.139. The lowest BCUT2D eigenvalue weighted by Crippen LogP contribution is -2.42. The Balaban J connectivity index is 2.08. The Morgan fingerprint density at radius 2 is 2.37 bits per heavy atom. The van der Waals surface area contributed by atoms with Gasteiger partial charge in [0.1, 0.15) is 0 Å². The molecule has 2 aliphatic heterocycles. The molecule has 0 spiro atoms. The monoisotopic (exact) mass is 263 g/mol. The molecule has 102 valence electrons. The molecule has 1 aromatic rings. The van der Waals surface area contributed by atoms with E-state index in [9.17, 15) is 4.79 Å². The number of likely N-dealkylation sites (N-methyl/N-ethyl adjacent to an activating group) is 1. The van der Waals surface area contributed by atoms with Crippen molar-refractivity contribution in [1.29, 1.82) is 0 Å². The van der Waals surface area contributed by atoms with Crippen molar-refractivity contribution in [3.63, 3.8) is 0 Å². The molecule has 0 bridgehead atoms. The lowest BCUT2D eigenvalue weighted by atomic mass is 10.0. The van der Waals surface area contributed by atoms with Gasteiger partial charge in [-0.05, 0) is 13.0 Å². The Bertz CT molecular complexity index is 506.